The van der Waals surface area contributed by atoms with Crippen LogP contribution in [0.4, 0.5) is 5.95 Å². The molecule has 1 fully saturated rings. The van der Waals surface area contributed by atoms with Crippen molar-refractivity contribution >= 4 is 5.95 Å². The molecule has 120 valence electrons. The molecule has 2 heterocycles. The lowest BCUT2D eigenvalue weighted by Gasteiger charge is -2.29. The van der Waals surface area contributed by atoms with Gasteiger partial charge in [0.25, 0.3) is 0 Å². The molecule has 0 amide bonds. The molecular formula is C18H22N4O. The lowest BCUT2D eigenvalue weighted by molar-refractivity contribution is 0.209. The van der Waals surface area contributed by atoms with Gasteiger partial charge in [0.1, 0.15) is 6.61 Å². The highest BCUT2D eigenvalue weighted by molar-refractivity contribution is 5.43. The Morgan fingerprint density at radius 3 is 2.74 bits per heavy atom. The van der Waals surface area contributed by atoms with Gasteiger partial charge < -0.3 is 15.8 Å². The number of nitrogens with zero attached hydrogens (tertiary/aromatic N) is 2. The van der Waals surface area contributed by atoms with Crippen LogP contribution in [0, 0.1) is 0 Å². The van der Waals surface area contributed by atoms with Gasteiger partial charge in [-0.05, 0) is 37.8 Å². The quantitative estimate of drug-likeness (QED) is 0.906. The van der Waals surface area contributed by atoms with Gasteiger partial charge in [0.05, 0.1) is 5.69 Å². The third-order valence-corrected chi connectivity index (χ3v) is 4.82. The first kappa shape index (κ1) is 14.5. The van der Waals surface area contributed by atoms with E-state index in [0.29, 0.717) is 24.5 Å². The number of fused-ring (bicyclic) bond motifs is 1. The molecule has 0 radical (unpaired) electrons. The summed E-state index contributed by atoms with van der Waals surface area (Å²) in [5.74, 6) is 1.28. The van der Waals surface area contributed by atoms with Crippen molar-refractivity contribution in [2.75, 3.05) is 18.9 Å². The largest absolute Gasteiger partial charge is 0.476 e. The van der Waals surface area contributed by atoms with Gasteiger partial charge >= 0.3 is 0 Å². The van der Waals surface area contributed by atoms with E-state index in [-0.39, 0.29) is 5.92 Å². The molecule has 0 bridgehead atoms. The van der Waals surface area contributed by atoms with Gasteiger partial charge in [0.15, 0.2) is 0 Å². The molecule has 23 heavy (non-hydrogen) atoms. The minimum atomic E-state index is 0.287. The van der Waals surface area contributed by atoms with E-state index in [1.807, 2.05) is 6.07 Å². The smallest absolute Gasteiger partial charge is 0.223 e. The molecule has 1 aromatic carbocycles. The Morgan fingerprint density at radius 1 is 1.17 bits per heavy atom. The number of nitrogens with two attached hydrogens (primary N) is 1. The number of nitrogens with one attached hydrogen (secondary N) is 1. The lowest BCUT2D eigenvalue weighted by atomic mass is 9.82. The third kappa shape index (κ3) is 2.88. The van der Waals surface area contributed by atoms with Crippen LogP contribution in [0.25, 0.3) is 0 Å². The van der Waals surface area contributed by atoms with Crippen molar-refractivity contribution < 1.29 is 4.74 Å². The maximum Gasteiger partial charge on any atom is 0.223 e. The van der Waals surface area contributed by atoms with Crippen molar-refractivity contribution in [3.8, 4) is 5.88 Å². The zero-order chi connectivity index (χ0) is 15.6. The van der Waals surface area contributed by atoms with Crippen LogP contribution < -0.4 is 15.8 Å². The molecule has 4 rings (SSSR count). The summed E-state index contributed by atoms with van der Waals surface area (Å²) in [5, 5.41) is 3.35. The third-order valence-electron chi connectivity index (χ3n) is 4.82. The monoisotopic (exact) mass is 310 g/mol. The number of ether oxygens (including phenoxy) is 1. The van der Waals surface area contributed by atoms with Crippen LogP contribution in [0.2, 0.25) is 0 Å². The first-order valence-electron chi connectivity index (χ1n) is 8.38. The number of rotatable bonds is 4. The Hall–Kier alpha value is -2.14. The second-order valence-electron chi connectivity index (χ2n) is 6.36. The molecule has 2 aliphatic rings. The first-order chi connectivity index (χ1) is 11.3. The SMILES string of the molecule is Nc1nc(OCC2CCN2)c2c(n1)C(c1ccccc1)CCC2. The summed E-state index contributed by atoms with van der Waals surface area (Å²) >= 11 is 0. The predicted molar refractivity (Wildman–Crippen MR) is 89.6 cm³/mol. The minimum Gasteiger partial charge on any atom is -0.476 e. The fraction of sp³-hybridized carbons (Fsp3) is 0.444. The van der Waals surface area contributed by atoms with Crippen molar-refractivity contribution in [1.82, 2.24) is 15.3 Å². The number of anilines is 1. The van der Waals surface area contributed by atoms with E-state index in [9.17, 15) is 0 Å². The summed E-state index contributed by atoms with van der Waals surface area (Å²) in [6, 6.07) is 11.0. The van der Waals surface area contributed by atoms with Gasteiger partial charge in [-0.15, -0.1) is 0 Å². The fourth-order valence-corrected chi connectivity index (χ4v) is 3.44. The lowest BCUT2D eigenvalue weighted by Crippen LogP contribution is -2.46. The molecule has 5 heteroatoms. The van der Waals surface area contributed by atoms with Gasteiger partial charge in [-0.25, -0.2) is 4.98 Å². The Balaban J connectivity index is 1.66. The van der Waals surface area contributed by atoms with Crippen LogP contribution in [0.5, 0.6) is 5.88 Å². The van der Waals surface area contributed by atoms with Crippen molar-refractivity contribution in [3.63, 3.8) is 0 Å². The van der Waals surface area contributed by atoms with Crippen LogP contribution in [0.1, 0.15) is 42.0 Å². The molecule has 3 N–H and O–H groups in total. The van der Waals surface area contributed by atoms with E-state index < -0.39 is 0 Å². The predicted octanol–water partition coefficient (Wildman–Crippen LogP) is 2.27. The van der Waals surface area contributed by atoms with Crippen molar-refractivity contribution in [1.29, 1.82) is 0 Å². The summed E-state index contributed by atoms with van der Waals surface area (Å²) in [5.41, 5.74) is 9.43. The first-order valence-corrected chi connectivity index (χ1v) is 8.38. The average Bonchev–Trinajstić information content (AvgIpc) is 2.53. The minimum absolute atomic E-state index is 0.287. The van der Waals surface area contributed by atoms with Crippen LogP contribution >= 0.6 is 0 Å². The maximum atomic E-state index is 5.98. The zero-order valence-electron chi connectivity index (χ0n) is 13.2. The molecule has 0 saturated carbocycles. The van der Waals surface area contributed by atoms with Crippen LogP contribution in [0.3, 0.4) is 0 Å². The van der Waals surface area contributed by atoms with Gasteiger partial charge in [-0.3, -0.25) is 0 Å². The van der Waals surface area contributed by atoms with E-state index in [2.05, 4.69) is 39.6 Å². The van der Waals surface area contributed by atoms with Gasteiger partial charge in [-0.1, -0.05) is 30.3 Å². The maximum absolute atomic E-state index is 5.98. The number of benzene rings is 1. The Kier molecular flexibility index (Phi) is 3.87. The highest BCUT2D eigenvalue weighted by atomic mass is 16.5. The van der Waals surface area contributed by atoms with Crippen molar-refractivity contribution in [2.45, 2.75) is 37.6 Å². The van der Waals surface area contributed by atoms with E-state index in [1.54, 1.807) is 0 Å². The molecule has 2 unspecified atom stereocenters. The Bertz CT molecular complexity index is 685. The molecule has 2 aromatic rings. The summed E-state index contributed by atoms with van der Waals surface area (Å²) < 4.78 is 5.98. The fourth-order valence-electron chi connectivity index (χ4n) is 3.44. The second kappa shape index (κ2) is 6.16. The molecule has 1 saturated heterocycles. The van der Waals surface area contributed by atoms with Crippen molar-refractivity contribution in [3.05, 3.63) is 47.2 Å². The number of nitrogen functional groups attached to an aromatic ring is 1. The topological polar surface area (TPSA) is 73.1 Å². The molecule has 5 nitrogen and oxygen atoms in total. The van der Waals surface area contributed by atoms with E-state index in [1.165, 1.54) is 5.56 Å². The molecule has 1 aliphatic carbocycles. The van der Waals surface area contributed by atoms with Crippen molar-refractivity contribution in [2.24, 2.45) is 0 Å². The number of aromatic nitrogens is 2. The normalized spacial score (nSPS) is 23.0. The molecule has 2 atom stereocenters. The average molecular weight is 310 g/mol. The van der Waals surface area contributed by atoms with Gasteiger partial charge in [0, 0.05) is 17.5 Å². The van der Waals surface area contributed by atoms with Gasteiger partial charge in [-0.2, -0.15) is 4.98 Å². The van der Waals surface area contributed by atoms with Crippen LogP contribution in [-0.2, 0) is 6.42 Å². The summed E-state index contributed by atoms with van der Waals surface area (Å²) in [4.78, 5) is 8.93. The standard InChI is InChI=1S/C18H22N4O/c19-18-21-16-14(12-5-2-1-3-6-12)7-4-8-15(16)17(22-18)23-11-13-9-10-20-13/h1-3,5-6,13-14,20H,4,7-11H2,(H2,19,21,22). The molecule has 0 spiro atoms. The van der Waals surface area contributed by atoms with E-state index in [0.717, 1.165) is 43.5 Å². The molecule has 1 aromatic heterocycles. The summed E-state index contributed by atoms with van der Waals surface area (Å²) in [6.07, 6.45) is 4.34. The van der Waals surface area contributed by atoms with E-state index in [4.69, 9.17) is 10.5 Å². The second-order valence-corrected chi connectivity index (χ2v) is 6.36. The summed E-state index contributed by atoms with van der Waals surface area (Å²) in [6.45, 7) is 1.73. The van der Waals surface area contributed by atoms with E-state index >= 15 is 0 Å². The highest BCUT2D eigenvalue weighted by Crippen LogP contribution is 2.38. The summed E-state index contributed by atoms with van der Waals surface area (Å²) in [7, 11) is 0. The van der Waals surface area contributed by atoms with Crippen LogP contribution in [-0.4, -0.2) is 29.2 Å². The number of hydrogen-bond donors (Lipinski definition) is 2. The Morgan fingerprint density at radius 2 is 2.00 bits per heavy atom. The zero-order valence-corrected chi connectivity index (χ0v) is 13.2. The van der Waals surface area contributed by atoms with Crippen LogP contribution in [0.15, 0.2) is 30.3 Å². The molecular weight excluding hydrogens is 288 g/mol. The number of hydrogen-bond acceptors (Lipinski definition) is 5. The Labute approximate surface area is 136 Å². The van der Waals surface area contributed by atoms with Gasteiger partial charge in [0.2, 0.25) is 11.8 Å². The molecule has 1 aliphatic heterocycles. The highest BCUT2D eigenvalue weighted by Gasteiger charge is 2.28.